The van der Waals surface area contributed by atoms with Gasteiger partial charge in [0.25, 0.3) is 10.0 Å². The van der Waals surface area contributed by atoms with E-state index in [1.54, 1.807) is 12.1 Å². The van der Waals surface area contributed by atoms with E-state index in [0.29, 0.717) is 0 Å². The molecule has 0 fully saturated rings. The van der Waals surface area contributed by atoms with Crippen LogP contribution < -0.4 is 9.46 Å². The average molecular weight is 312 g/mol. The third-order valence-electron chi connectivity index (χ3n) is 2.45. The number of hydrogen-bond acceptors (Lipinski definition) is 7. The predicted octanol–water partition coefficient (Wildman–Crippen LogP) is 0.401. The summed E-state index contributed by atoms with van der Waals surface area (Å²) >= 11 is 0. The van der Waals surface area contributed by atoms with Gasteiger partial charge in [-0.3, -0.25) is 9.82 Å². The molecule has 0 aliphatic rings. The summed E-state index contributed by atoms with van der Waals surface area (Å²) in [5.41, 5.74) is -0.201. The number of carbonyl (C=O) groups is 1. The van der Waals surface area contributed by atoms with Crippen molar-refractivity contribution in [2.24, 2.45) is 0 Å². The molecule has 0 saturated heterocycles. The highest BCUT2D eigenvalue weighted by atomic mass is 32.2. The highest BCUT2D eigenvalue weighted by Crippen LogP contribution is 2.18. The Bertz CT molecular complexity index is 755. The molecule has 0 unspecified atom stereocenters. The van der Waals surface area contributed by atoms with Crippen LogP contribution in [0.25, 0.3) is 0 Å². The molecule has 0 aliphatic heterocycles. The minimum atomic E-state index is -4.07. The van der Waals surface area contributed by atoms with Gasteiger partial charge in [0.1, 0.15) is 11.4 Å². The van der Waals surface area contributed by atoms with E-state index in [1.807, 2.05) is 0 Å². The van der Waals surface area contributed by atoms with Gasteiger partial charge in [-0.25, -0.2) is 4.79 Å². The fraction of sp³-hybridized carbons (Fsp3) is 0.182. The second-order valence-electron chi connectivity index (χ2n) is 3.78. The molecule has 10 heteroatoms. The minimum Gasteiger partial charge on any atom is -0.481 e. The van der Waals surface area contributed by atoms with E-state index in [1.165, 1.54) is 13.2 Å². The Hall–Kier alpha value is -2.62. The van der Waals surface area contributed by atoms with Gasteiger partial charge in [-0.2, -0.15) is 18.5 Å². The lowest BCUT2D eigenvalue weighted by Gasteiger charge is -2.07. The number of nitrogens with zero attached hydrogens (tertiary/aromatic N) is 2. The zero-order valence-corrected chi connectivity index (χ0v) is 12.0. The second kappa shape index (κ2) is 5.79. The van der Waals surface area contributed by atoms with Crippen molar-refractivity contribution in [2.45, 2.75) is 5.03 Å². The summed E-state index contributed by atoms with van der Waals surface area (Å²) < 4.78 is 36.1. The zero-order chi connectivity index (χ0) is 15.5. The molecule has 112 valence electrons. The molecule has 0 radical (unpaired) electrons. The van der Waals surface area contributed by atoms with Crippen molar-refractivity contribution < 1.29 is 22.7 Å². The molecule has 2 rings (SSSR count). The Morgan fingerprint density at radius 1 is 1.33 bits per heavy atom. The number of ether oxygens (including phenoxy) is 2. The molecule has 0 saturated carbocycles. The maximum absolute atomic E-state index is 12.2. The molecule has 21 heavy (non-hydrogen) atoms. The van der Waals surface area contributed by atoms with Crippen molar-refractivity contribution >= 4 is 21.8 Å². The van der Waals surface area contributed by atoms with E-state index in [-0.39, 0.29) is 17.3 Å². The number of hydrogen-bond donors (Lipinski definition) is 2. The van der Waals surface area contributed by atoms with Crippen LogP contribution in [0.15, 0.2) is 29.4 Å². The summed E-state index contributed by atoms with van der Waals surface area (Å²) in [6.07, 6.45) is 1.07. The topological polar surface area (TPSA) is 123 Å². The Labute approximate surface area is 120 Å². The van der Waals surface area contributed by atoms with E-state index in [9.17, 15) is 13.2 Å². The number of rotatable bonds is 5. The molecule has 0 spiro atoms. The van der Waals surface area contributed by atoms with Gasteiger partial charge in [0.2, 0.25) is 5.88 Å². The summed E-state index contributed by atoms with van der Waals surface area (Å²) in [6, 6.07) is 4.57. The molecule has 2 heterocycles. The number of carbonyl (C=O) groups excluding carboxylic acids is 1. The first-order chi connectivity index (χ1) is 9.97. The number of pyridine rings is 1. The largest absolute Gasteiger partial charge is 0.481 e. The second-order valence-corrected chi connectivity index (χ2v) is 5.39. The van der Waals surface area contributed by atoms with E-state index in [0.717, 1.165) is 13.3 Å². The molecule has 9 nitrogen and oxygen atoms in total. The van der Waals surface area contributed by atoms with Crippen LogP contribution in [0.3, 0.4) is 0 Å². The summed E-state index contributed by atoms with van der Waals surface area (Å²) in [6.45, 7) is 0. The van der Waals surface area contributed by atoms with E-state index in [2.05, 4.69) is 24.6 Å². The summed E-state index contributed by atoms with van der Waals surface area (Å²) in [7, 11) is -1.52. The van der Waals surface area contributed by atoms with Crippen molar-refractivity contribution in [1.29, 1.82) is 0 Å². The van der Waals surface area contributed by atoms with E-state index in [4.69, 9.17) is 4.74 Å². The van der Waals surface area contributed by atoms with Crippen molar-refractivity contribution in [1.82, 2.24) is 15.2 Å². The van der Waals surface area contributed by atoms with Crippen molar-refractivity contribution in [2.75, 3.05) is 18.9 Å². The van der Waals surface area contributed by atoms with Gasteiger partial charge in [0.15, 0.2) is 5.03 Å². The van der Waals surface area contributed by atoms with E-state index < -0.39 is 21.0 Å². The van der Waals surface area contributed by atoms with Crippen LogP contribution in [-0.4, -0.2) is 43.8 Å². The SMILES string of the molecule is COC(=O)c1cn[nH]c1S(=O)(=O)Nc1cccc(OC)n1. The van der Waals surface area contributed by atoms with Crippen LogP contribution in [0.4, 0.5) is 5.82 Å². The molecule has 2 aromatic rings. The number of aromatic nitrogens is 3. The van der Waals surface area contributed by atoms with Crippen LogP contribution in [0, 0.1) is 0 Å². The third-order valence-corrected chi connectivity index (χ3v) is 3.78. The molecule has 0 bridgehead atoms. The smallest absolute Gasteiger partial charge is 0.342 e. The Morgan fingerprint density at radius 3 is 2.76 bits per heavy atom. The van der Waals surface area contributed by atoms with Crippen LogP contribution in [-0.2, 0) is 14.8 Å². The summed E-state index contributed by atoms with van der Waals surface area (Å²) in [4.78, 5) is 15.4. The Kier molecular flexibility index (Phi) is 4.08. The lowest BCUT2D eigenvalue weighted by atomic mass is 10.4. The highest BCUT2D eigenvalue weighted by Gasteiger charge is 2.26. The van der Waals surface area contributed by atoms with Crippen molar-refractivity contribution in [3.63, 3.8) is 0 Å². The van der Waals surface area contributed by atoms with Crippen molar-refractivity contribution in [3.8, 4) is 5.88 Å². The average Bonchev–Trinajstić information content (AvgIpc) is 2.96. The Morgan fingerprint density at radius 2 is 2.10 bits per heavy atom. The number of sulfonamides is 1. The number of anilines is 1. The fourth-order valence-electron chi connectivity index (χ4n) is 1.51. The van der Waals surface area contributed by atoms with Crippen LogP contribution in [0.2, 0.25) is 0 Å². The third kappa shape index (κ3) is 3.11. The number of methoxy groups -OCH3 is 2. The molecule has 2 N–H and O–H groups in total. The van der Waals surface area contributed by atoms with Gasteiger partial charge in [0, 0.05) is 6.07 Å². The molecule has 0 amide bonds. The van der Waals surface area contributed by atoms with Gasteiger partial charge in [-0.15, -0.1) is 0 Å². The van der Waals surface area contributed by atoms with Gasteiger partial charge in [0.05, 0.1) is 20.4 Å². The highest BCUT2D eigenvalue weighted by molar-refractivity contribution is 7.92. The van der Waals surface area contributed by atoms with E-state index >= 15 is 0 Å². The van der Waals surface area contributed by atoms with Gasteiger partial charge in [-0.05, 0) is 6.07 Å². The minimum absolute atomic E-state index is 0.0414. The number of H-pyrrole nitrogens is 1. The van der Waals surface area contributed by atoms with Crippen LogP contribution in [0.5, 0.6) is 5.88 Å². The zero-order valence-electron chi connectivity index (χ0n) is 11.2. The molecular weight excluding hydrogens is 300 g/mol. The first kappa shape index (κ1) is 14.8. The Balaban J connectivity index is 2.34. The standard InChI is InChI=1S/C11H12N4O5S/c1-19-9-5-3-4-8(13-9)15-21(17,18)10-7(6-12-14-10)11(16)20-2/h3-6H,1-2H3,(H,12,14)(H,13,15). The van der Waals surface area contributed by atoms with Crippen LogP contribution in [0.1, 0.15) is 10.4 Å². The first-order valence-corrected chi connectivity index (χ1v) is 7.12. The molecule has 0 atom stereocenters. The quantitative estimate of drug-likeness (QED) is 0.766. The first-order valence-electron chi connectivity index (χ1n) is 5.63. The lowest BCUT2D eigenvalue weighted by Crippen LogP contribution is -2.18. The van der Waals surface area contributed by atoms with Crippen LogP contribution >= 0.6 is 0 Å². The predicted molar refractivity (Wildman–Crippen MR) is 71.5 cm³/mol. The number of nitrogens with one attached hydrogen (secondary N) is 2. The summed E-state index contributed by atoms with van der Waals surface area (Å²) in [5, 5.41) is 5.39. The molecular formula is C11H12N4O5S. The molecule has 0 aromatic carbocycles. The molecule has 0 aliphatic carbocycles. The van der Waals surface area contributed by atoms with Crippen molar-refractivity contribution in [3.05, 3.63) is 30.0 Å². The summed E-state index contributed by atoms with van der Waals surface area (Å²) in [5.74, 6) is -0.532. The maximum atomic E-state index is 12.2. The van der Waals surface area contributed by atoms with Gasteiger partial charge < -0.3 is 9.47 Å². The fourth-order valence-corrected chi connectivity index (χ4v) is 2.60. The normalized spacial score (nSPS) is 11.0. The maximum Gasteiger partial charge on any atom is 0.342 e. The number of esters is 1. The number of aromatic amines is 1. The lowest BCUT2D eigenvalue weighted by molar-refractivity contribution is 0.0596. The van der Waals surface area contributed by atoms with Gasteiger partial charge >= 0.3 is 5.97 Å². The molecule has 2 aromatic heterocycles. The monoisotopic (exact) mass is 312 g/mol. The van der Waals surface area contributed by atoms with Gasteiger partial charge in [-0.1, -0.05) is 6.07 Å².